The first kappa shape index (κ1) is 13.3. The standard InChI is InChI=1S/C14H14Cl2N2/c1-2-3-12-9-13(16)18-14(17-12)8-10-4-6-11(15)7-5-10/h4-7,9H,2-3,8H2,1H3. The van der Waals surface area contributed by atoms with Crippen LogP contribution in [0.15, 0.2) is 30.3 Å². The second kappa shape index (κ2) is 6.17. The molecule has 0 fully saturated rings. The first-order valence-electron chi connectivity index (χ1n) is 5.94. The van der Waals surface area contributed by atoms with Crippen LogP contribution in [0.2, 0.25) is 10.2 Å². The maximum absolute atomic E-state index is 6.00. The van der Waals surface area contributed by atoms with Gasteiger partial charge in [0, 0.05) is 17.1 Å². The van der Waals surface area contributed by atoms with Gasteiger partial charge in [-0.05, 0) is 30.2 Å². The van der Waals surface area contributed by atoms with Crippen LogP contribution in [-0.2, 0) is 12.8 Å². The van der Waals surface area contributed by atoms with E-state index in [1.54, 1.807) is 0 Å². The molecule has 2 nitrogen and oxygen atoms in total. The van der Waals surface area contributed by atoms with Gasteiger partial charge in [0.2, 0.25) is 0 Å². The summed E-state index contributed by atoms with van der Waals surface area (Å²) in [5, 5.41) is 1.25. The lowest BCUT2D eigenvalue weighted by atomic mass is 10.1. The van der Waals surface area contributed by atoms with Crippen molar-refractivity contribution in [2.75, 3.05) is 0 Å². The summed E-state index contributed by atoms with van der Waals surface area (Å²) < 4.78 is 0. The SMILES string of the molecule is CCCc1cc(Cl)nc(Cc2ccc(Cl)cc2)n1. The second-order valence-corrected chi connectivity index (χ2v) is 4.98. The number of benzene rings is 1. The number of rotatable bonds is 4. The molecule has 0 atom stereocenters. The number of aryl methyl sites for hydroxylation is 1. The van der Waals surface area contributed by atoms with E-state index in [9.17, 15) is 0 Å². The van der Waals surface area contributed by atoms with E-state index in [0.29, 0.717) is 11.6 Å². The highest BCUT2D eigenvalue weighted by atomic mass is 35.5. The van der Waals surface area contributed by atoms with E-state index in [0.717, 1.165) is 34.9 Å². The van der Waals surface area contributed by atoms with Gasteiger partial charge in [-0.1, -0.05) is 48.7 Å². The van der Waals surface area contributed by atoms with Crippen molar-refractivity contribution in [2.24, 2.45) is 0 Å². The monoisotopic (exact) mass is 280 g/mol. The van der Waals surface area contributed by atoms with Crippen LogP contribution in [0.3, 0.4) is 0 Å². The average molecular weight is 281 g/mol. The van der Waals surface area contributed by atoms with Gasteiger partial charge in [-0.3, -0.25) is 0 Å². The highest BCUT2D eigenvalue weighted by Crippen LogP contribution is 2.14. The van der Waals surface area contributed by atoms with E-state index < -0.39 is 0 Å². The van der Waals surface area contributed by atoms with Gasteiger partial charge in [0.15, 0.2) is 0 Å². The third kappa shape index (κ3) is 3.69. The molecule has 0 saturated carbocycles. The zero-order valence-electron chi connectivity index (χ0n) is 10.2. The molecule has 0 saturated heterocycles. The largest absolute Gasteiger partial charge is 0.237 e. The molecule has 0 unspecified atom stereocenters. The van der Waals surface area contributed by atoms with Crippen molar-refractivity contribution in [3.63, 3.8) is 0 Å². The van der Waals surface area contributed by atoms with E-state index in [1.807, 2.05) is 30.3 Å². The molecule has 0 amide bonds. The molecule has 0 radical (unpaired) electrons. The zero-order chi connectivity index (χ0) is 13.0. The van der Waals surface area contributed by atoms with E-state index in [1.165, 1.54) is 0 Å². The highest BCUT2D eigenvalue weighted by molar-refractivity contribution is 6.30. The van der Waals surface area contributed by atoms with Gasteiger partial charge in [0.05, 0.1) is 0 Å². The van der Waals surface area contributed by atoms with Gasteiger partial charge in [0.25, 0.3) is 0 Å². The molecule has 94 valence electrons. The van der Waals surface area contributed by atoms with Crippen LogP contribution in [0.4, 0.5) is 0 Å². The third-order valence-electron chi connectivity index (χ3n) is 2.58. The van der Waals surface area contributed by atoms with Gasteiger partial charge in [-0.25, -0.2) is 9.97 Å². The predicted octanol–water partition coefficient (Wildman–Crippen LogP) is 4.33. The molecule has 2 aromatic rings. The van der Waals surface area contributed by atoms with Crippen LogP contribution in [0.25, 0.3) is 0 Å². The lowest BCUT2D eigenvalue weighted by molar-refractivity contribution is 0.841. The summed E-state index contributed by atoms with van der Waals surface area (Å²) in [6.07, 6.45) is 2.65. The molecule has 1 aromatic carbocycles. The van der Waals surface area contributed by atoms with Crippen molar-refractivity contribution < 1.29 is 0 Å². The van der Waals surface area contributed by atoms with Crippen LogP contribution in [0, 0.1) is 0 Å². The minimum atomic E-state index is 0.511. The Hall–Kier alpha value is -1.12. The number of hydrogen-bond acceptors (Lipinski definition) is 2. The number of hydrogen-bond donors (Lipinski definition) is 0. The van der Waals surface area contributed by atoms with Crippen molar-refractivity contribution in [2.45, 2.75) is 26.2 Å². The minimum Gasteiger partial charge on any atom is -0.237 e. The fourth-order valence-corrected chi connectivity index (χ4v) is 2.11. The summed E-state index contributed by atoms with van der Waals surface area (Å²) in [4.78, 5) is 8.77. The maximum Gasteiger partial charge on any atom is 0.134 e. The normalized spacial score (nSPS) is 10.6. The highest BCUT2D eigenvalue weighted by Gasteiger charge is 2.04. The molecule has 0 aliphatic heterocycles. The molecule has 4 heteroatoms. The maximum atomic E-state index is 6.00. The molecule has 0 aliphatic carbocycles. The Kier molecular flexibility index (Phi) is 4.56. The van der Waals surface area contributed by atoms with E-state index in [4.69, 9.17) is 23.2 Å². The summed E-state index contributed by atoms with van der Waals surface area (Å²) in [5.41, 5.74) is 2.13. The average Bonchev–Trinajstić information content (AvgIpc) is 2.32. The third-order valence-corrected chi connectivity index (χ3v) is 3.02. The van der Waals surface area contributed by atoms with Crippen LogP contribution in [-0.4, -0.2) is 9.97 Å². The molecular weight excluding hydrogens is 267 g/mol. The Bertz CT molecular complexity index is 524. The Morgan fingerprint density at radius 3 is 2.44 bits per heavy atom. The van der Waals surface area contributed by atoms with Gasteiger partial charge in [0.1, 0.15) is 11.0 Å². The smallest absolute Gasteiger partial charge is 0.134 e. The fourth-order valence-electron chi connectivity index (χ4n) is 1.76. The van der Waals surface area contributed by atoms with Crippen molar-refractivity contribution in [1.82, 2.24) is 9.97 Å². The Labute approximate surface area is 117 Å². The Morgan fingerprint density at radius 1 is 1.06 bits per heavy atom. The van der Waals surface area contributed by atoms with E-state index in [-0.39, 0.29) is 0 Å². The van der Waals surface area contributed by atoms with E-state index in [2.05, 4.69) is 16.9 Å². The molecule has 0 aliphatic rings. The van der Waals surface area contributed by atoms with Crippen molar-refractivity contribution in [3.8, 4) is 0 Å². The summed E-state index contributed by atoms with van der Waals surface area (Å²) in [7, 11) is 0. The van der Waals surface area contributed by atoms with Gasteiger partial charge in [-0.15, -0.1) is 0 Å². The number of nitrogens with zero attached hydrogens (tertiary/aromatic N) is 2. The lowest BCUT2D eigenvalue weighted by Gasteiger charge is -2.04. The zero-order valence-corrected chi connectivity index (χ0v) is 11.7. The number of aromatic nitrogens is 2. The lowest BCUT2D eigenvalue weighted by Crippen LogP contribution is -2.01. The molecule has 1 heterocycles. The van der Waals surface area contributed by atoms with Crippen molar-refractivity contribution >= 4 is 23.2 Å². The van der Waals surface area contributed by atoms with Gasteiger partial charge < -0.3 is 0 Å². The first-order chi connectivity index (χ1) is 8.67. The quantitative estimate of drug-likeness (QED) is 0.780. The van der Waals surface area contributed by atoms with Gasteiger partial charge in [-0.2, -0.15) is 0 Å². The minimum absolute atomic E-state index is 0.511. The Balaban J connectivity index is 2.20. The first-order valence-corrected chi connectivity index (χ1v) is 6.69. The summed E-state index contributed by atoms with van der Waals surface area (Å²) in [5.74, 6) is 0.758. The molecule has 2 rings (SSSR count). The second-order valence-electron chi connectivity index (χ2n) is 4.15. The van der Waals surface area contributed by atoms with Crippen LogP contribution in [0.5, 0.6) is 0 Å². The molecule has 0 N–H and O–H groups in total. The van der Waals surface area contributed by atoms with Crippen LogP contribution < -0.4 is 0 Å². The topological polar surface area (TPSA) is 25.8 Å². The van der Waals surface area contributed by atoms with Crippen molar-refractivity contribution in [1.29, 1.82) is 0 Å². The number of halogens is 2. The summed E-state index contributed by atoms with van der Waals surface area (Å²) in [6.45, 7) is 2.12. The van der Waals surface area contributed by atoms with Gasteiger partial charge >= 0.3 is 0 Å². The fraction of sp³-hybridized carbons (Fsp3) is 0.286. The molecule has 18 heavy (non-hydrogen) atoms. The molecular formula is C14H14Cl2N2. The van der Waals surface area contributed by atoms with E-state index >= 15 is 0 Å². The summed E-state index contributed by atoms with van der Waals surface area (Å²) >= 11 is 11.9. The predicted molar refractivity (Wildman–Crippen MR) is 75.3 cm³/mol. The van der Waals surface area contributed by atoms with Crippen LogP contribution in [0.1, 0.15) is 30.4 Å². The molecule has 0 spiro atoms. The molecule has 1 aromatic heterocycles. The van der Waals surface area contributed by atoms with Crippen LogP contribution >= 0.6 is 23.2 Å². The Morgan fingerprint density at radius 2 is 1.78 bits per heavy atom. The summed E-state index contributed by atoms with van der Waals surface area (Å²) in [6, 6.07) is 9.53. The molecule has 0 bridgehead atoms. The van der Waals surface area contributed by atoms with Crippen molar-refractivity contribution in [3.05, 3.63) is 57.6 Å².